The summed E-state index contributed by atoms with van der Waals surface area (Å²) in [4.78, 5) is 15.3. The van der Waals surface area contributed by atoms with Crippen molar-refractivity contribution in [3.63, 3.8) is 0 Å². The predicted octanol–water partition coefficient (Wildman–Crippen LogP) is 5.04. The van der Waals surface area contributed by atoms with Crippen LogP contribution in [-0.4, -0.2) is 39.1 Å². The number of rotatable bonds is 5. The Kier molecular flexibility index (Phi) is 5.81. The van der Waals surface area contributed by atoms with Gasteiger partial charge in [0.15, 0.2) is 5.16 Å². The second-order valence-electron chi connectivity index (χ2n) is 8.22. The number of benzene rings is 2. The Labute approximate surface area is 191 Å². The molecule has 32 heavy (non-hydrogen) atoms. The van der Waals surface area contributed by atoms with Gasteiger partial charge in [-0.3, -0.25) is 9.36 Å². The molecule has 2 aromatic carbocycles. The molecule has 4 rings (SSSR count). The van der Waals surface area contributed by atoms with Crippen LogP contribution in [0.2, 0.25) is 0 Å². The molecular formula is C24H25FN4O2S. The van der Waals surface area contributed by atoms with Crippen LogP contribution in [-0.2, 0) is 4.79 Å². The number of nitrogens with zero attached hydrogens (tertiary/aromatic N) is 4. The zero-order valence-electron chi connectivity index (χ0n) is 18.7. The van der Waals surface area contributed by atoms with Crippen molar-refractivity contribution < 1.29 is 13.9 Å². The van der Waals surface area contributed by atoms with Crippen LogP contribution in [0.15, 0.2) is 53.7 Å². The summed E-state index contributed by atoms with van der Waals surface area (Å²) in [5.74, 6) is 1.18. The Balaban J connectivity index is 1.62. The summed E-state index contributed by atoms with van der Waals surface area (Å²) in [5.41, 5.74) is 3.21. The van der Waals surface area contributed by atoms with E-state index >= 15 is 0 Å². The van der Waals surface area contributed by atoms with Crippen molar-refractivity contribution in [2.24, 2.45) is 0 Å². The summed E-state index contributed by atoms with van der Waals surface area (Å²) in [6, 6.07) is 11.9. The molecule has 1 aliphatic rings. The summed E-state index contributed by atoms with van der Waals surface area (Å²) in [6.07, 6.45) is 2.11. The van der Waals surface area contributed by atoms with E-state index in [1.807, 2.05) is 48.4 Å². The van der Waals surface area contributed by atoms with E-state index in [2.05, 4.69) is 23.2 Å². The molecular weight excluding hydrogens is 427 g/mol. The number of fused-ring (bicyclic) bond motifs is 1. The molecule has 1 amide bonds. The van der Waals surface area contributed by atoms with Crippen LogP contribution < -0.4 is 9.64 Å². The van der Waals surface area contributed by atoms with Crippen molar-refractivity contribution in [1.29, 1.82) is 0 Å². The minimum absolute atomic E-state index is 0.0513. The summed E-state index contributed by atoms with van der Waals surface area (Å²) in [6.45, 7) is 7.92. The lowest BCUT2D eigenvalue weighted by atomic mass is 9.88. The highest BCUT2D eigenvalue weighted by Gasteiger charge is 2.36. The maximum Gasteiger partial charge on any atom is 0.238 e. The van der Waals surface area contributed by atoms with Gasteiger partial charge in [-0.1, -0.05) is 17.8 Å². The highest BCUT2D eigenvalue weighted by Crippen LogP contribution is 2.41. The first-order chi connectivity index (χ1) is 15.2. The summed E-state index contributed by atoms with van der Waals surface area (Å²) >= 11 is 1.31. The zero-order chi connectivity index (χ0) is 23.0. The number of carbonyl (C=O) groups excluding carboxylic acids is 1. The molecule has 166 valence electrons. The van der Waals surface area contributed by atoms with Gasteiger partial charge in [-0.15, -0.1) is 10.2 Å². The number of amides is 1. The molecule has 0 radical (unpaired) electrons. The Hall–Kier alpha value is -3.13. The normalized spacial score (nSPS) is 14.7. The maximum absolute atomic E-state index is 13.5. The number of aryl methyl sites for hydroxylation is 1. The lowest BCUT2D eigenvalue weighted by Gasteiger charge is -2.41. The first-order valence-corrected chi connectivity index (χ1v) is 11.2. The van der Waals surface area contributed by atoms with E-state index < -0.39 is 5.54 Å². The summed E-state index contributed by atoms with van der Waals surface area (Å²) < 4.78 is 20.6. The van der Waals surface area contributed by atoms with Gasteiger partial charge < -0.3 is 9.64 Å². The third-order valence-electron chi connectivity index (χ3n) is 5.47. The van der Waals surface area contributed by atoms with E-state index in [-0.39, 0.29) is 17.5 Å². The quantitative estimate of drug-likeness (QED) is 0.508. The Morgan fingerprint density at radius 1 is 1.12 bits per heavy atom. The molecule has 0 bridgehead atoms. The molecule has 0 unspecified atom stereocenters. The van der Waals surface area contributed by atoms with Crippen molar-refractivity contribution >= 4 is 28.9 Å². The van der Waals surface area contributed by atoms with Gasteiger partial charge >= 0.3 is 0 Å². The smallest absolute Gasteiger partial charge is 0.238 e. The Morgan fingerprint density at radius 2 is 1.84 bits per heavy atom. The molecule has 6 nitrogen and oxygen atoms in total. The molecule has 0 N–H and O–H groups in total. The van der Waals surface area contributed by atoms with Crippen LogP contribution in [0.3, 0.4) is 0 Å². The molecule has 0 saturated carbocycles. The zero-order valence-corrected chi connectivity index (χ0v) is 19.5. The first kappa shape index (κ1) is 22.1. The predicted molar refractivity (Wildman–Crippen MR) is 125 cm³/mol. The number of allylic oxidation sites excluding steroid dienone is 1. The lowest BCUT2D eigenvalue weighted by molar-refractivity contribution is -0.116. The molecule has 0 aliphatic carbocycles. The average molecular weight is 453 g/mol. The highest BCUT2D eigenvalue weighted by molar-refractivity contribution is 7.99. The van der Waals surface area contributed by atoms with E-state index in [0.717, 1.165) is 22.5 Å². The monoisotopic (exact) mass is 452 g/mol. The fraction of sp³-hybridized carbons (Fsp3) is 0.292. The van der Waals surface area contributed by atoms with Crippen molar-refractivity contribution in [2.75, 3.05) is 17.8 Å². The van der Waals surface area contributed by atoms with Crippen LogP contribution in [0.5, 0.6) is 5.75 Å². The molecule has 1 aromatic heterocycles. The van der Waals surface area contributed by atoms with Gasteiger partial charge in [-0.05, 0) is 69.7 Å². The third kappa shape index (κ3) is 4.02. The number of methoxy groups -OCH3 is 1. The molecule has 0 fully saturated rings. The van der Waals surface area contributed by atoms with E-state index in [0.29, 0.717) is 16.7 Å². The summed E-state index contributed by atoms with van der Waals surface area (Å²) in [7, 11) is 1.62. The van der Waals surface area contributed by atoms with Gasteiger partial charge in [0.25, 0.3) is 0 Å². The van der Waals surface area contributed by atoms with E-state index in [1.165, 1.54) is 23.9 Å². The van der Waals surface area contributed by atoms with E-state index in [4.69, 9.17) is 4.74 Å². The van der Waals surface area contributed by atoms with E-state index in [1.54, 1.807) is 19.2 Å². The number of thioether (sulfide) groups is 1. The number of halogens is 1. The standard InChI is InChI=1S/C24H25FN4O2S/c1-15-13-24(3,4)29(21-12-19(31-5)10-11-20(15)21)22(30)14-32-23-27-26-16(2)28(23)18-8-6-17(25)7-9-18/h6-13H,14H2,1-5H3. The fourth-order valence-electron chi connectivity index (χ4n) is 4.11. The van der Waals surface area contributed by atoms with Crippen molar-refractivity contribution in [1.82, 2.24) is 14.8 Å². The van der Waals surface area contributed by atoms with Crippen LogP contribution in [0.25, 0.3) is 11.3 Å². The molecule has 2 heterocycles. The van der Waals surface area contributed by atoms with Crippen molar-refractivity contribution in [3.05, 3.63) is 65.7 Å². The molecule has 0 spiro atoms. The Bertz CT molecular complexity index is 1200. The largest absolute Gasteiger partial charge is 0.497 e. The molecule has 0 atom stereocenters. The maximum atomic E-state index is 13.5. The van der Waals surface area contributed by atoms with E-state index in [9.17, 15) is 9.18 Å². The van der Waals surface area contributed by atoms with Crippen molar-refractivity contribution in [3.8, 4) is 11.4 Å². The SMILES string of the molecule is COc1ccc2c(c1)N(C(=O)CSc1nnc(C)n1-c1ccc(F)cc1)C(C)(C)C=C2C. The van der Waals surface area contributed by atoms with Gasteiger partial charge in [0.05, 0.1) is 24.1 Å². The molecule has 1 aliphatic heterocycles. The molecule has 3 aromatic rings. The van der Waals surface area contributed by atoms with Gasteiger partial charge in [0, 0.05) is 17.3 Å². The third-order valence-corrected chi connectivity index (χ3v) is 6.38. The van der Waals surface area contributed by atoms with Crippen LogP contribution >= 0.6 is 11.8 Å². The number of hydrogen-bond acceptors (Lipinski definition) is 5. The number of ether oxygens (including phenoxy) is 1. The van der Waals surface area contributed by atoms with Crippen LogP contribution in [0.4, 0.5) is 10.1 Å². The van der Waals surface area contributed by atoms with Crippen LogP contribution in [0, 0.1) is 12.7 Å². The number of anilines is 1. The van der Waals surface area contributed by atoms with Crippen molar-refractivity contribution in [2.45, 2.75) is 38.4 Å². The number of aromatic nitrogens is 3. The first-order valence-electron chi connectivity index (χ1n) is 10.2. The minimum Gasteiger partial charge on any atom is -0.497 e. The van der Waals surface area contributed by atoms with Gasteiger partial charge in [-0.25, -0.2) is 4.39 Å². The second-order valence-corrected chi connectivity index (χ2v) is 9.17. The average Bonchev–Trinajstić information content (AvgIpc) is 3.12. The summed E-state index contributed by atoms with van der Waals surface area (Å²) in [5, 5.41) is 8.96. The minimum atomic E-state index is -0.498. The van der Waals surface area contributed by atoms with Gasteiger partial charge in [0.2, 0.25) is 5.91 Å². The molecule has 0 saturated heterocycles. The number of carbonyl (C=O) groups is 1. The van der Waals surface area contributed by atoms with Crippen LogP contribution in [0.1, 0.15) is 32.2 Å². The van der Waals surface area contributed by atoms with Gasteiger partial charge in [0.1, 0.15) is 17.4 Å². The Morgan fingerprint density at radius 3 is 2.53 bits per heavy atom. The van der Waals surface area contributed by atoms with Gasteiger partial charge in [-0.2, -0.15) is 0 Å². The topological polar surface area (TPSA) is 60.2 Å². The highest BCUT2D eigenvalue weighted by atomic mass is 32.2. The molecule has 8 heteroatoms. The lowest BCUT2D eigenvalue weighted by Crippen LogP contribution is -2.49. The fourth-order valence-corrected chi connectivity index (χ4v) is 4.96. The second kappa shape index (κ2) is 8.43. The number of hydrogen-bond donors (Lipinski definition) is 0.